The molecule has 56 heavy (non-hydrogen) atoms. The van der Waals surface area contributed by atoms with E-state index in [-0.39, 0.29) is 24.9 Å². The van der Waals surface area contributed by atoms with Crippen LogP contribution in [0.4, 0.5) is 0 Å². The Labute approximate surface area is 346 Å². The molecule has 0 heterocycles. The fraction of sp³-hybridized carbons (Fsp3) is 0.800. The zero-order valence-electron chi connectivity index (χ0n) is 37.0. The van der Waals surface area contributed by atoms with Crippen molar-refractivity contribution >= 4 is 11.9 Å². The van der Waals surface area contributed by atoms with E-state index in [0.717, 1.165) is 89.9 Å². The number of ether oxygens (including phenoxy) is 1. The van der Waals surface area contributed by atoms with Gasteiger partial charge in [0.25, 0.3) is 0 Å². The molecule has 0 radical (unpaired) electrons. The lowest BCUT2D eigenvalue weighted by Gasteiger charge is -2.24. The van der Waals surface area contributed by atoms with Crippen LogP contribution in [-0.4, -0.2) is 46.9 Å². The first-order chi connectivity index (χ1) is 27.5. The lowest BCUT2D eigenvalue weighted by Crippen LogP contribution is -2.46. The van der Waals surface area contributed by atoms with E-state index in [0.29, 0.717) is 19.3 Å². The summed E-state index contributed by atoms with van der Waals surface area (Å²) in [5, 5.41) is 23.7. The minimum absolute atomic E-state index is 0.0476. The molecule has 1 amide bonds. The number of carbonyl (C=O) groups excluding carboxylic acids is 2. The second kappa shape index (κ2) is 43.9. The van der Waals surface area contributed by atoms with Gasteiger partial charge < -0.3 is 20.3 Å². The number of esters is 1. The first-order valence-electron chi connectivity index (χ1n) is 23.9. The van der Waals surface area contributed by atoms with Crippen LogP contribution in [0.25, 0.3) is 0 Å². The summed E-state index contributed by atoms with van der Waals surface area (Å²) in [7, 11) is 0. The summed E-state index contributed by atoms with van der Waals surface area (Å²) in [6.45, 7) is 6.33. The van der Waals surface area contributed by atoms with Crippen molar-refractivity contribution in [1.82, 2.24) is 5.32 Å². The van der Waals surface area contributed by atoms with Gasteiger partial charge in [-0.05, 0) is 77.0 Å². The lowest BCUT2D eigenvalue weighted by molar-refractivity contribution is -0.151. The Morgan fingerprint density at radius 3 is 1.52 bits per heavy atom. The Kier molecular flexibility index (Phi) is 42.2. The Hall–Kier alpha value is -2.18. The number of aliphatic hydroxyl groups excluding tert-OH is 2. The summed E-state index contributed by atoms with van der Waals surface area (Å²) >= 11 is 0. The van der Waals surface area contributed by atoms with Crippen LogP contribution in [0.15, 0.2) is 48.6 Å². The third-order valence-corrected chi connectivity index (χ3v) is 10.6. The van der Waals surface area contributed by atoms with Crippen LogP contribution in [0.5, 0.6) is 0 Å². The largest absolute Gasteiger partial charge is 0.462 e. The number of hydrogen-bond donors (Lipinski definition) is 3. The third kappa shape index (κ3) is 38.7. The predicted molar refractivity (Wildman–Crippen MR) is 241 cm³/mol. The van der Waals surface area contributed by atoms with Crippen molar-refractivity contribution in [2.24, 2.45) is 0 Å². The van der Waals surface area contributed by atoms with Crippen LogP contribution < -0.4 is 5.32 Å². The fourth-order valence-electron chi connectivity index (χ4n) is 7.03. The summed E-state index contributed by atoms with van der Waals surface area (Å²) in [5.74, 6) is -0.529. The number of unbranched alkanes of at least 4 members (excludes halogenated alkanes) is 22. The molecule has 6 heteroatoms. The molecular weight excluding hydrogens is 695 g/mol. The average molecular weight is 786 g/mol. The van der Waals surface area contributed by atoms with E-state index < -0.39 is 18.2 Å². The molecule has 0 aromatic heterocycles. The maximum Gasteiger partial charge on any atom is 0.306 e. The van der Waals surface area contributed by atoms with Gasteiger partial charge in [0, 0.05) is 6.42 Å². The van der Waals surface area contributed by atoms with Gasteiger partial charge in [-0.2, -0.15) is 0 Å². The third-order valence-electron chi connectivity index (χ3n) is 10.6. The first-order valence-corrected chi connectivity index (χ1v) is 23.9. The number of allylic oxidation sites excluding steroid dienone is 8. The molecule has 0 fully saturated rings. The maximum absolute atomic E-state index is 13.1. The molecule has 0 aromatic rings. The van der Waals surface area contributed by atoms with Gasteiger partial charge in [-0.1, -0.05) is 191 Å². The van der Waals surface area contributed by atoms with Gasteiger partial charge in [-0.25, -0.2) is 0 Å². The van der Waals surface area contributed by atoms with Gasteiger partial charge in [-0.15, -0.1) is 0 Å². The Balaban J connectivity index is 4.63. The highest BCUT2D eigenvalue weighted by Gasteiger charge is 2.24. The summed E-state index contributed by atoms with van der Waals surface area (Å²) < 4.78 is 5.88. The highest BCUT2D eigenvalue weighted by atomic mass is 16.5. The molecule has 0 saturated heterocycles. The predicted octanol–water partition coefficient (Wildman–Crippen LogP) is 13.9. The van der Waals surface area contributed by atoms with Gasteiger partial charge in [0.15, 0.2) is 0 Å². The molecule has 0 aliphatic heterocycles. The fourth-order valence-corrected chi connectivity index (χ4v) is 7.03. The number of hydrogen-bond acceptors (Lipinski definition) is 5. The zero-order valence-corrected chi connectivity index (χ0v) is 37.0. The number of aliphatic hydroxyl groups is 2. The maximum atomic E-state index is 13.1. The van der Waals surface area contributed by atoms with Crippen molar-refractivity contribution in [2.45, 2.75) is 251 Å². The van der Waals surface area contributed by atoms with E-state index in [1.165, 1.54) is 96.3 Å². The second-order valence-corrected chi connectivity index (χ2v) is 16.1. The minimum atomic E-state index is -0.796. The number of nitrogens with one attached hydrogen (secondary N) is 1. The van der Waals surface area contributed by atoms with Crippen molar-refractivity contribution in [3.05, 3.63) is 48.6 Å². The van der Waals surface area contributed by atoms with Gasteiger partial charge in [0.2, 0.25) is 5.91 Å². The van der Waals surface area contributed by atoms with E-state index in [1.807, 2.05) is 0 Å². The zero-order chi connectivity index (χ0) is 41.0. The highest BCUT2D eigenvalue weighted by Crippen LogP contribution is 2.17. The SMILES string of the molecule is CC/C=C/C/C=C/C/C=C/CCCCCCC(=O)OC(CCC/C=C\CCCCCCCC)CC(=O)NC(CO)C(O)CCCCCCCCCCCCCC. The first kappa shape index (κ1) is 53.8. The lowest BCUT2D eigenvalue weighted by atomic mass is 10.0. The van der Waals surface area contributed by atoms with Gasteiger partial charge >= 0.3 is 5.97 Å². The van der Waals surface area contributed by atoms with E-state index in [9.17, 15) is 19.8 Å². The smallest absolute Gasteiger partial charge is 0.306 e. The van der Waals surface area contributed by atoms with E-state index in [2.05, 4.69) is 74.7 Å². The minimum Gasteiger partial charge on any atom is -0.462 e. The molecule has 0 rings (SSSR count). The molecule has 0 aromatic carbocycles. The summed E-state index contributed by atoms with van der Waals surface area (Å²) in [5.41, 5.74) is 0. The van der Waals surface area contributed by atoms with Crippen LogP contribution in [-0.2, 0) is 14.3 Å². The molecule has 0 spiro atoms. The van der Waals surface area contributed by atoms with E-state index in [4.69, 9.17) is 4.74 Å². The van der Waals surface area contributed by atoms with Crippen LogP contribution in [0, 0.1) is 0 Å². The Morgan fingerprint density at radius 1 is 0.536 bits per heavy atom. The average Bonchev–Trinajstić information content (AvgIpc) is 3.19. The molecule has 0 aliphatic carbocycles. The molecule has 3 atom stereocenters. The van der Waals surface area contributed by atoms with Gasteiger partial charge in [0.1, 0.15) is 6.10 Å². The molecular formula is C50H91NO5. The standard InChI is InChI=1S/C50H91NO5/c1-4-7-10-13-16-19-22-24-25-28-31-34-37-40-43-50(55)56-46(41-38-35-32-29-26-21-18-15-12-9-6-3)44-49(54)51-47(45-52)48(53)42-39-36-33-30-27-23-20-17-14-11-8-5-2/h7,10,16,19,24-25,29,32,46-48,52-53H,4-6,8-9,11-15,17-18,20-23,26-28,30-31,33-45H2,1-3H3,(H,51,54)/b10-7+,19-16+,25-24+,32-29-. The molecule has 326 valence electrons. The normalized spacial score (nSPS) is 13.7. The molecule has 0 bridgehead atoms. The van der Waals surface area contributed by atoms with Crippen molar-refractivity contribution in [3.63, 3.8) is 0 Å². The second-order valence-electron chi connectivity index (χ2n) is 16.1. The van der Waals surface area contributed by atoms with Gasteiger partial charge in [0.05, 0.1) is 25.2 Å². The Bertz CT molecular complexity index is 972. The van der Waals surface area contributed by atoms with Crippen molar-refractivity contribution in [1.29, 1.82) is 0 Å². The molecule has 3 unspecified atom stereocenters. The van der Waals surface area contributed by atoms with Crippen molar-refractivity contribution in [2.75, 3.05) is 6.61 Å². The topological polar surface area (TPSA) is 95.9 Å². The monoisotopic (exact) mass is 786 g/mol. The van der Waals surface area contributed by atoms with E-state index >= 15 is 0 Å². The highest BCUT2D eigenvalue weighted by molar-refractivity contribution is 5.77. The molecule has 0 aliphatic rings. The summed E-state index contributed by atoms with van der Waals surface area (Å²) in [6.07, 6.45) is 51.7. The van der Waals surface area contributed by atoms with Crippen molar-refractivity contribution < 1.29 is 24.5 Å². The molecule has 3 N–H and O–H groups in total. The van der Waals surface area contributed by atoms with Crippen LogP contribution >= 0.6 is 0 Å². The van der Waals surface area contributed by atoms with Crippen LogP contribution in [0.1, 0.15) is 233 Å². The summed E-state index contributed by atoms with van der Waals surface area (Å²) in [6, 6.07) is -0.712. The van der Waals surface area contributed by atoms with E-state index in [1.54, 1.807) is 0 Å². The number of rotatable bonds is 42. The van der Waals surface area contributed by atoms with Crippen molar-refractivity contribution in [3.8, 4) is 0 Å². The van der Waals surface area contributed by atoms with Crippen LogP contribution in [0.3, 0.4) is 0 Å². The molecule has 6 nitrogen and oxygen atoms in total. The Morgan fingerprint density at radius 2 is 0.982 bits per heavy atom. The van der Waals surface area contributed by atoms with Crippen LogP contribution in [0.2, 0.25) is 0 Å². The number of amides is 1. The van der Waals surface area contributed by atoms with Gasteiger partial charge in [-0.3, -0.25) is 9.59 Å². The number of carbonyl (C=O) groups is 2. The molecule has 0 saturated carbocycles. The quantitative estimate of drug-likeness (QED) is 0.0325. The summed E-state index contributed by atoms with van der Waals surface area (Å²) in [4.78, 5) is 26.0.